The molecule has 0 spiro atoms. The summed E-state index contributed by atoms with van der Waals surface area (Å²) in [5, 5.41) is 2.57. The van der Waals surface area contributed by atoms with Gasteiger partial charge in [0.25, 0.3) is 16.0 Å². The number of halogens is 2. The van der Waals surface area contributed by atoms with E-state index < -0.39 is 20.9 Å². The Balaban J connectivity index is 1.93. The summed E-state index contributed by atoms with van der Waals surface area (Å²) in [6.45, 7) is 0. The molecule has 0 aliphatic heterocycles. The molecule has 11 heteroatoms. The Kier molecular flexibility index (Phi) is 4.72. The Labute approximate surface area is 157 Å². The number of benzene rings is 2. The van der Waals surface area contributed by atoms with Gasteiger partial charge in [0, 0.05) is 11.3 Å². The predicted octanol–water partition coefficient (Wildman–Crippen LogP) is 3.02. The van der Waals surface area contributed by atoms with E-state index in [1.165, 1.54) is 24.3 Å². The fourth-order valence-corrected chi connectivity index (χ4v) is 3.10. The monoisotopic (exact) mass is 412 g/mol. The normalized spacial score (nSPS) is 11.5. The summed E-state index contributed by atoms with van der Waals surface area (Å²) in [6.07, 6.45) is 0. The van der Waals surface area contributed by atoms with Crippen molar-refractivity contribution in [3.63, 3.8) is 0 Å². The van der Waals surface area contributed by atoms with E-state index >= 15 is 0 Å². The number of hydrogen-bond donors (Lipinski definition) is 3. The van der Waals surface area contributed by atoms with Crippen molar-refractivity contribution >= 4 is 61.6 Å². The lowest BCUT2D eigenvalue weighted by Gasteiger charge is -2.09. The number of nitrogens with two attached hydrogens (primary N) is 1. The van der Waals surface area contributed by atoms with Gasteiger partial charge in [-0.3, -0.25) is 9.35 Å². The molecule has 0 fully saturated rings. The standard InChI is InChI=1S/C15H10Cl2N4O4S/c16-13-14(17)21-11-5-7(1-4-10(11)20-13)15(22)19-8-2-3-9(18)12(6-8)26(23,24)25/h1-6H,18H2,(H,19,22)(H,23,24,25). The quantitative estimate of drug-likeness (QED) is 0.444. The highest BCUT2D eigenvalue weighted by Gasteiger charge is 2.16. The second-order valence-corrected chi connectivity index (χ2v) is 7.30. The third-order valence-electron chi connectivity index (χ3n) is 3.39. The molecular formula is C15H10Cl2N4O4S. The van der Waals surface area contributed by atoms with Crippen LogP contribution in [0.25, 0.3) is 11.0 Å². The largest absolute Gasteiger partial charge is 0.398 e. The molecule has 134 valence electrons. The SMILES string of the molecule is Nc1ccc(NC(=O)c2ccc3nc(Cl)c(Cl)nc3c2)cc1S(=O)(=O)O. The number of anilines is 2. The number of rotatable bonds is 3. The number of fused-ring (bicyclic) bond motifs is 1. The van der Waals surface area contributed by atoms with E-state index in [-0.39, 0.29) is 27.2 Å². The van der Waals surface area contributed by atoms with Crippen molar-refractivity contribution in [1.29, 1.82) is 0 Å². The Morgan fingerprint density at radius 2 is 1.69 bits per heavy atom. The highest BCUT2D eigenvalue weighted by atomic mass is 35.5. The molecule has 0 saturated carbocycles. The summed E-state index contributed by atoms with van der Waals surface area (Å²) in [5.41, 5.74) is 6.56. The van der Waals surface area contributed by atoms with E-state index in [0.717, 1.165) is 6.07 Å². The summed E-state index contributed by atoms with van der Waals surface area (Å²) in [4.78, 5) is 20.0. The number of hydrogen-bond acceptors (Lipinski definition) is 6. The van der Waals surface area contributed by atoms with Gasteiger partial charge in [-0.15, -0.1) is 0 Å². The third kappa shape index (κ3) is 3.70. The van der Waals surface area contributed by atoms with Crippen LogP contribution < -0.4 is 11.1 Å². The second-order valence-electron chi connectivity index (χ2n) is 5.19. The molecule has 4 N–H and O–H groups in total. The Morgan fingerprint density at radius 1 is 1.04 bits per heavy atom. The number of nitrogen functional groups attached to an aromatic ring is 1. The molecule has 0 bridgehead atoms. The zero-order valence-corrected chi connectivity index (χ0v) is 15.1. The van der Waals surface area contributed by atoms with Crippen LogP contribution in [0.5, 0.6) is 0 Å². The smallest absolute Gasteiger partial charge is 0.296 e. The van der Waals surface area contributed by atoms with E-state index in [4.69, 9.17) is 33.5 Å². The zero-order valence-electron chi connectivity index (χ0n) is 12.8. The predicted molar refractivity (Wildman–Crippen MR) is 98.2 cm³/mol. The van der Waals surface area contributed by atoms with Gasteiger partial charge in [0.1, 0.15) is 4.90 Å². The fraction of sp³-hybridized carbons (Fsp3) is 0. The first kappa shape index (κ1) is 18.3. The van der Waals surface area contributed by atoms with Gasteiger partial charge in [-0.25, -0.2) is 9.97 Å². The first-order chi connectivity index (χ1) is 12.1. The van der Waals surface area contributed by atoms with E-state index in [9.17, 15) is 13.2 Å². The minimum Gasteiger partial charge on any atom is -0.398 e. The molecule has 1 heterocycles. The van der Waals surface area contributed by atoms with Crippen LogP contribution in [-0.4, -0.2) is 28.8 Å². The molecule has 3 aromatic rings. The molecule has 1 amide bonds. The molecule has 0 atom stereocenters. The summed E-state index contributed by atoms with van der Waals surface area (Å²) in [6, 6.07) is 8.22. The van der Waals surface area contributed by atoms with Gasteiger partial charge in [0.15, 0.2) is 10.3 Å². The maximum atomic E-state index is 12.4. The van der Waals surface area contributed by atoms with Crippen molar-refractivity contribution in [2.24, 2.45) is 0 Å². The molecule has 2 aromatic carbocycles. The van der Waals surface area contributed by atoms with Gasteiger partial charge in [-0.1, -0.05) is 23.2 Å². The molecule has 0 unspecified atom stereocenters. The van der Waals surface area contributed by atoms with Crippen LogP contribution in [0.15, 0.2) is 41.3 Å². The lowest BCUT2D eigenvalue weighted by molar-refractivity contribution is 0.102. The fourth-order valence-electron chi connectivity index (χ4n) is 2.19. The number of carbonyl (C=O) groups is 1. The molecular weight excluding hydrogens is 403 g/mol. The van der Waals surface area contributed by atoms with Gasteiger partial charge in [-0.05, 0) is 36.4 Å². The lowest BCUT2D eigenvalue weighted by atomic mass is 10.1. The minimum absolute atomic E-state index is 0.00746. The van der Waals surface area contributed by atoms with Crippen molar-refractivity contribution in [2.75, 3.05) is 11.1 Å². The summed E-state index contributed by atoms with van der Waals surface area (Å²) in [5.74, 6) is -0.536. The molecule has 3 rings (SSSR count). The van der Waals surface area contributed by atoms with Crippen LogP contribution >= 0.6 is 23.2 Å². The summed E-state index contributed by atoms with van der Waals surface area (Å²) >= 11 is 11.6. The van der Waals surface area contributed by atoms with Crippen molar-refractivity contribution in [2.45, 2.75) is 4.90 Å². The van der Waals surface area contributed by atoms with Crippen LogP contribution in [0.4, 0.5) is 11.4 Å². The highest BCUT2D eigenvalue weighted by molar-refractivity contribution is 7.86. The van der Waals surface area contributed by atoms with Crippen LogP contribution in [0.3, 0.4) is 0 Å². The molecule has 0 aliphatic carbocycles. The number of amides is 1. The number of nitrogens with zero attached hydrogens (tertiary/aromatic N) is 2. The van der Waals surface area contributed by atoms with Gasteiger partial charge < -0.3 is 11.1 Å². The third-order valence-corrected chi connectivity index (χ3v) is 4.93. The van der Waals surface area contributed by atoms with Gasteiger partial charge in [0.05, 0.1) is 16.7 Å². The Hall–Kier alpha value is -2.46. The summed E-state index contributed by atoms with van der Waals surface area (Å²) in [7, 11) is -4.52. The topological polar surface area (TPSA) is 135 Å². The van der Waals surface area contributed by atoms with Crippen molar-refractivity contribution in [3.05, 3.63) is 52.3 Å². The molecule has 26 heavy (non-hydrogen) atoms. The van der Waals surface area contributed by atoms with Crippen molar-refractivity contribution in [3.8, 4) is 0 Å². The summed E-state index contributed by atoms with van der Waals surface area (Å²) < 4.78 is 31.7. The van der Waals surface area contributed by atoms with E-state index in [1.54, 1.807) is 6.07 Å². The maximum absolute atomic E-state index is 12.4. The van der Waals surface area contributed by atoms with Gasteiger partial charge >= 0.3 is 0 Å². The number of nitrogens with one attached hydrogen (secondary N) is 1. The van der Waals surface area contributed by atoms with E-state index in [0.29, 0.717) is 11.0 Å². The first-order valence-electron chi connectivity index (χ1n) is 6.96. The van der Waals surface area contributed by atoms with Crippen molar-refractivity contribution in [1.82, 2.24) is 9.97 Å². The molecule has 8 nitrogen and oxygen atoms in total. The van der Waals surface area contributed by atoms with E-state index in [1.807, 2.05) is 0 Å². The zero-order chi connectivity index (χ0) is 19.1. The number of aromatic nitrogens is 2. The van der Waals surface area contributed by atoms with Crippen LogP contribution in [0.2, 0.25) is 10.3 Å². The van der Waals surface area contributed by atoms with E-state index in [2.05, 4.69) is 15.3 Å². The average Bonchev–Trinajstić information content (AvgIpc) is 2.56. The van der Waals surface area contributed by atoms with Crippen LogP contribution in [0, 0.1) is 0 Å². The average molecular weight is 413 g/mol. The molecule has 0 radical (unpaired) electrons. The van der Waals surface area contributed by atoms with Crippen LogP contribution in [-0.2, 0) is 10.1 Å². The highest BCUT2D eigenvalue weighted by Crippen LogP contribution is 2.24. The molecule has 1 aromatic heterocycles. The minimum atomic E-state index is -4.52. The Bertz CT molecular complexity index is 1150. The number of carbonyl (C=O) groups excluding carboxylic acids is 1. The van der Waals surface area contributed by atoms with Crippen LogP contribution in [0.1, 0.15) is 10.4 Å². The molecule has 0 aliphatic rings. The first-order valence-corrected chi connectivity index (χ1v) is 9.16. The molecule has 0 saturated heterocycles. The van der Waals surface area contributed by atoms with Gasteiger partial charge in [0.2, 0.25) is 0 Å². The second kappa shape index (κ2) is 6.69. The lowest BCUT2D eigenvalue weighted by Crippen LogP contribution is -2.13. The Morgan fingerprint density at radius 3 is 2.35 bits per heavy atom. The van der Waals surface area contributed by atoms with Gasteiger partial charge in [-0.2, -0.15) is 8.42 Å². The maximum Gasteiger partial charge on any atom is 0.296 e. The van der Waals surface area contributed by atoms with Crippen molar-refractivity contribution < 1.29 is 17.8 Å².